The second-order valence-electron chi connectivity index (χ2n) is 6.50. The summed E-state index contributed by atoms with van der Waals surface area (Å²) in [4.78, 5) is 5.57. The highest BCUT2D eigenvalue weighted by molar-refractivity contribution is 4.95. The monoisotopic (exact) mass is 251 g/mol. The molecule has 3 fully saturated rings. The normalized spacial score (nSPS) is 38.8. The molecule has 1 N–H and O–H groups in total. The SMILES string of the molecule is CNCC1CCC1N1CCC(N2CCCCC2)C1. The summed E-state index contributed by atoms with van der Waals surface area (Å²) < 4.78 is 0. The molecule has 0 aromatic carbocycles. The molecule has 0 amide bonds. The first kappa shape index (κ1) is 12.9. The molecule has 3 atom stereocenters. The highest BCUT2D eigenvalue weighted by atomic mass is 15.3. The number of hydrogen-bond donors (Lipinski definition) is 1. The minimum atomic E-state index is 0.876. The molecule has 3 unspecified atom stereocenters. The van der Waals surface area contributed by atoms with Crippen LogP contribution < -0.4 is 5.32 Å². The molecule has 0 spiro atoms. The van der Waals surface area contributed by atoms with Gasteiger partial charge in [-0.2, -0.15) is 0 Å². The van der Waals surface area contributed by atoms with E-state index in [1.165, 1.54) is 71.2 Å². The van der Waals surface area contributed by atoms with Crippen LogP contribution >= 0.6 is 0 Å². The van der Waals surface area contributed by atoms with Crippen LogP contribution in [0.25, 0.3) is 0 Å². The van der Waals surface area contributed by atoms with Crippen LogP contribution in [0.1, 0.15) is 38.5 Å². The molecule has 3 heteroatoms. The van der Waals surface area contributed by atoms with Gasteiger partial charge in [-0.15, -0.1) is 0 Å². The average Bonchev–Trinajstić information content (AvgIpc) is 2.85. The summed E-state index contributed by atoms with van der Waals surface area (Å²) in [6.07, 6.45) is 8.63. The Kier molecular flexibility index (Phi) is 4.22. The first-order chi connectivity index (χ1) is 8.88. The van der Waals surface area contributed by atoms with Gasteiger partial charge >= 0.3 is 0 Å². The molecule has 2 aliphatic heterocycles. The molecule has 0 aromatic rings. The van der Waals surface area contributed by atoms with Gasteiger partial charge in [-0.1, -0.05) is 6.42 Å². The smallest absolute Gasteiger partial charge is 0.0235 e. The number of nitrogens with zero attached hydrogens (tertiary/aromatic N) is 2. The molecule has 3 aliphatic rings. The lowest BCUT2D eigenvalue weighted by Gasteiger charge is -2.43. The van der Waals surface area contributed by atoms with E-state index in [1.807, 2.05) is 0 Å². The van der Waals surface area contributed by atoms with Crippen molar-refractivity contribution in [3.8, 4) is 0 Å². The molecule has 18 heavy (non-hydrogen) atoms. The van der Waals surface area contributed by atoms with Crippen molar-refractivity contribution in [1.82, 2.24) is 15.1 Å². The maximum absolute atomic E-state index is 3.36. The van der Waals surface area contributed by atoms with E-state index < -0.39 is 0 Å². The largest absolute Gasteiger partial charge is 0.319 e. The van der Waals surface area contributed by atoms with Gasteiger partial charge in [0.1, 0.15) is 0 Å². The third-order valence-corrected chi connectivity index (χ3v) is 5.41. The summed E-state index contributed by atoms with van der Waals surface area (Å²) in [5.74, 6) is 0.926. The number of rotatable bonds is 4. The number of hydrogen-bond acceptors (Lipinski definition) is 3. The minimum absolute atomic E-state index is 0.876. The zero-order valence-electron chi connectivity index (χ0n) is 11.9. The van der Waals surface area contributed by atoms with Crippen LogP contribution in [0.3, 0.4) is 0 Å². The van der Waals surface area contributed by atoms with Crippen molar-refractivity contribution >= 4 is 0 Å². The Hall–Kier alpha value is -0.120. The van der Waals surface area contributed by atoms with E-state index >= 15 is 0 Å². The maximum Gasteiger partial charge on any atom is 0.0235 e. The molecule has 104 valence electrons. The van der Waals surface area contributed by atoms with Crippen LogP contribution in [-0.2, 0) is 0 Å². The summed E-state index contributed by atoms with van der Waals surface area (Å²) in [7, 11) is 2.09. The van der Waals surface area contributed by atoms with E-state index in [0.29, 0.717) is 0 Å². The van der Waals surface area contributed by atoms with E-state index in [-0.39, 0.29) is 0 Å². The van der Waals surface area contributed by atoms with E-state index in [9.17, 15) is 0 Å². The van der Waals surface area contributed by atoms with Crippen molar-refractivity contribution in [1.29, 1.82) is 0 Å². The highest BCUT2D eigenvalue weighted by Crippen LogP contribution is 2.34. The maximum atomic E-state index is 3.36. The summed E-state index contributed by atoms with van der Waals surface area (Å²) in [6, 6.07) is 1.77. The van der Waals surface area contributed by atoms with Gasteiger partial charge in [0.15, 0.2) is 0 Å². The fourth-order valence-corrected chi connectivity index (χ4v) is 4.18. The summed E-state index contributed by atoms with van der Waals surface area (Å²) in [6.45, 7) is 6.65. The second kappa shape index (κ2) is 5.89. The second-order valence-corrected chi connectivity index (χ2v) is 6.50. The predicted octanol–water partition coefficient (Wildman–Crippen LogP) is 1.54. The Balaban J connectivity index is 1.49. The molecule has 3 nitrogen and oxygen atoms in total. The van der Waals surface area contributed by atoms with Crippen molar-refractivity contribution in [2.24, 2.45) is 5.92 Å². The molecule has 2 heterocycles. The molecule has 0 aromatic heterocycles. The van der Waals surface area contributed by atoms with Crippen molar-refractivity contribution in [2.75, 3.05) is 39.8 Å². The lowest BCUT2D eigenvalue weighted by atomic mass is 9.78. The topological polar surface area (TPSA) is 18.5 Å². The van der Waals surface area contributed by atoms with Crippen LogP contribution in [-0.4, -0.2) is 61.7 Å². The van der Waals surface area contributed by atoms with Crippen LogP contribution in [0, 0.1) is 5.92 Å². The van der Waals surface area contributed by atoms with Gasteiger partial charge in [0.05, 0.1) is 0 Å². The van der Waals surface area contributed by atoms with Gasteiger partial charge < -0.3 is 5.32 Å². The van der Waals surface area contributed by atoms with E-state index in [2.05, 4.69) is 22.2 Å². The number of piperidine rings is 1. The van der Waals surface area contributed by atoms with Gasteiger partial charge in [0, 0.05) is 25.2 Å². The zero-order valence-corrected chi connectivity index (χ0v) is 11.9. The standard InChI is InChI=1S/C15H29N3/c1-16-11-13-5-6-15(13)18-10-7-14(12-18)17-8-3-2-4-9-17/h13-16H,2-12H2,1H3. The van der Waals surface area contributed by atoms with E-state index in [0.717, 1.165) is 18.0 Å². The molecule has 2 saturated heterocycles. The Morgan fingerprint density at radius 3 is 2.44 bits per heavy atom. The first-order valence-electron chi connectivity index (χ1n) is 8.01. The Morgan fingerprint density at radius 2 is 1.78 bits per heavy atom. The quantitative estimate of drug-likeness (QED) is 0.818. The summed E-state index contributed by atoms with van der Waals surface area (Å²) in [5, 5.41) is 3.36. The molecular weight excluding hydrogens is 222 g/mol. The van der Waals surface area contributed by atoms with Crippen LogP contribution in [0.2, 0.25) is 0 Å². The van der Waals surface area contributed by atoms with Crippen LogP contribution in [0.4, 0.5) is 0 Å². The highest BCUT2D eigenvalue weighted by Gasteiger charge is 2.39. The zero-order chi connectivity index (χ0) is 12.4. The fraction of sp³-hybridized carbons (Fsp3) is 1.00. The third kappa shape index (κ3) is 2.59. The summed E-state index contributed by atoms with van der Waals surface area (Å²) >= 11 is 0. The molecule has 0 radical (unpaired) electrons. The molecule has 3 rings (SSSR count). The first-order valence-corrected chi connectivity index (χ1v) is 8.01. The molecular formula is C15H29N3. The Bertz CT molecular complexity index is 262. The number of nitrogens with one attached hydrogen (secondary N) is 1. The van der Waals surface area contributed by atoms with Gasteiger partial charge in [-0.25, -0.2) is 0 Å². The molecule has 0 bridgehead atoms. The van der Waals surface area contributed by atoms with Crippen molar-refractivity contribution < 1.29 is 0 Å². The molecule has 1 saturated carbocycles. The Labute approximate surface area is 112 Å². The van der Waals surface area contributed by atoms with Crippen molar-refractivity contribution in [3.05, 3.63) is 0 Å². The van der Waals surface area contributed by atoms with Gasteiger partial charge in [-0.05, 0) is 64.7 Å². The average molecular weight is 251 g/mol. The lowest BCUT2D eigenvalue weighted by molar-refractivity contribution is 0.0719. The van der Waals surface area contributed by atoms with E-state index in [4.69, 9.17) is 0 Å². The van der Waals surface area contributed by atoms with Gasteiger partial charge in [-0.3, -0.25) is 9.80 Å². The van der Waals surface area contributed by atoms with E-state index in [1.54, 1.807) is 0 Å². The van der Waals surface area contributed by atoms with Crippen LogP contribution in [0.15, 0.2) is 0 Å². The number of likely N-dealkylation sites (tertiary alicyclic amines) is 2. The van der Waals surface area contributed by atoms with Gasteiger partial charge in [0.25, 0.3) is 0 Å². The van der Waals surface area contributed by atoms with Gasteiger partial charge in [0.2, 0.25) is 0 Å². The lowest BCUT2D eigenvalue weighted by Crippen LogP contribution is -2.50. The fourth-order valence-electron chi connectivity index (χ4n) is 4.18. The van der Waals surface area contributed by atoms with Crippen molar-refractivity contribution in [2.45, 2.75) is 50.6 Å². The minimum Gasteiger partial charge on any atom is -0.319 e. The third-order valence-electron chi connectivity index (χ3n) is 5.41. The molecule has 1 aliphatic carbocycles. The van der Waals surface area contributed by atoms with Crippen molar-refractivity contribution in [3.63, 3.8) is 0 Å². The predicted molar refractivity (Wildman–Crippen MR) is 75.8 cm³/mol. The van der Waals surface area contributed by atoms with Crippen LogP contribution in [0.5, 0.6) is 0 Å². The summed E-state index contributed by atoms with van der Waals surface area (Å²) in [5.41, 5.74) is 0. The Morgan fingerprint density at radius 1 is 0.944 bits per heavy atom.